The van der Waals surface area contributed by atoms with Gasteiger partial charge in [-0.1, -0.05) is 32.9 Å². The van der Waals surface area contributed by atoms with Crippen LogP contribution in [0.15, 0.2) is 51.7 Å². The molecule has 1 heterocycles. The Balaban J connectivity index is 1.58. The molecule has 2 saturated carbocycles. The lowest BCUT2D eigenvalue weighted by atomic mass is 9.47. The van der Waals surface area contributed by atoms with Crippen LogP contribution in [0.1, 0.15) is 46.5 Å². The molecule has 0 amide bonds. The maximum atomic E-state index is 11.5. The van der Waals surface area contributed by atoms with Crippen LogP contribution in [0.5, 0.6) is 5.75 Å². The van der Waals surface area contributed by atoms with E-state index in [1.54, 1.807) is 12.1 Å². The molecule has 2 fully saturated rings. The largest absolute Gasteiger partial charge is 0.493 e. The predicted octanol–water partition coefficient (Wildman–Crippen LogP) is 4.94. The van der Waals surface area contributed by atoms with Gasteiger partial charge in [0.2, 0.25) is 0 Å². The smallest absolute Gasteiger partial charge is 0.336 e. The molecular formula is C24H30O4. The molecular weight excluding hydrogens is 352 g/mol. The van der Waals surface area contributed by atoms with Gasteiger partial charge in [-0.3, -0.25) is 0 Å². The summed E-state index contributed by atoms with van der Waals surface area (Å²) in [6, 6.07) is 8.80. The number of benzene rings is 1. The van der Waals surface area contributed by atoms with Crippen LogP contribution in [0.25, 0.3) is 11.0 Å². The van der Waals surface area contributed by atoms with E-state index in [4.69, 9.17) is 9.15 Å². The Labute approximate surface area is 166 Å². The summed E-state index contributed by atoms with van der Waals surface area (Å²) in [4.78, 5) is 11.5. The highest BCUT2D eigenvalue weighted by atomic mass is 16.5. The van der Waals surface area contributed by atoms with Crippen molar-refractivity contribution in [3.8, 4) is 5.75 Å². The van der Waals surface area contributed by atoms with E-state index in [1.165, 1.54) is 11.6 Å². The molecule has 1 N–H and O–H groups in total. The van der Waals surface area contributed by atoms with Gasteiger partial charge in [0, 0.05) is 23.4 Å². The van der Waals surface area contributed by atoms with Crippen molar-refractivity contribution >= 4 is 11.0 Å². The zero-order valence-corrected chi connectivity index (χ0v) is 17.0. The van der Waals surface area contributed by atoms with Crippen LogP contribution in [0.4, 0.5) is 0 Å². The standard InChI is InChI=1S/C24H30O4/c1-15-5-9-20-23(2,3)21(25)11-12-24(20,4)18(15)14-27-17-8-6-16-7-10-22(26)28-19(16)13-17/h6-8,10,13,18,20-21,25H,1,5,9,11-12,14H2,2-4H3/t18-,20-,21+,24+/m0/s1. The number of aliphatic hydroxyl groups is 1. The summed E-state index contributed by atoms with van der Waals surface area (Å²) in [6.45, 7) is 11.7. The van der Waals surface area contributed by atoms with Gasteiger partial charge in [-0.2, -0.15) is 0 Å². The third-order valence-corrected chi connectivity index (χ3v) is 7.56. The average molecular weight is 383 g/mol. The Kier molecular flexibility index (Phi) is 4.65. The van der Waals surface area contributed by atoms with Crippen molar-refractivity contribution < 1.29 is 14.3 Å². The minimum Gasteiger partial charge on any atom is -0.493 e. The maximum absolute atomic E-state index is 11.5. The summed E-state index contributed by atoms with van der Waals surface area (Å²) >= 11 is 0. The second-order valence-corrected chi connectivity index (χ2v) is 9.45. The molecule has 0 aliphatic heterocycles. The topological polar surface area (TPSA) is 59.7 Å². The van der Waals surface area contributed by atoms with Gasteiger partial charge >= 0.3 is 5.63 Å². The Bertz CT molecular complexity index is 956. The molecule has 0 unspecified atom stereocenters. The molecule has 0 bridgehead atoms. The quantitative estimate of drug-likeness (QED) is 0.603. The van der Waals surface area contributed by atoms with E-state index in [0.29, 0.717) is 23.9 Å². The number of fused-ring (bicyclic) bond motifs is 2. The Morgan fingerprint density at radius 1 is 1.21 bits per heavy atom. The van der Waals surface area contributed by atoms with E-state index < -0.39 is 0 Å². The van der Waals surface area contributed by atoms with Gasteiger partial charge < -0.3 is 14.3 Å². The summed E-state index contributed by atoms with van der Waals surface area (Å²) in [5, 5.41) is 11.5. The van der Waals surface area contributed by atoms with Crippen molar-refractivity contribution in [1.29, 1.82) is 0 Å². The van der Waals surface area contributed by atoms with Crippen molar-refractivity contribution in [1.82, 2.24) is 0 Å². The van der Waals surface area contributed by atoms with Crippen LogP contribution in [0, 0.1) is 22.7 Å². The molecule has 2 aliphatic rings. The second kappa shape index (κ2) is 6.77. The first-order valence-corrected chi connectivity index (χ1v) is 10.2. The van der Waals surface area contributed by atoms with E-state index in [0.717, 1.165) is 31.1 Å². The fraction of sp³-hybridized carbons (Fsp3) is 0.542. The van der Waals surface area contributed by atoms with Crippen LogP contribution in [0.2, 0.25) is 0 Å². The Hall–Kier alpha value is -2.07. The van der Waals surface area contributed by atoms with Crippen molar-refractivity contribution in [2.75, 3.05) is 6.61 Å². The second-order valence-electron chi connectivity index (χ2n) is 9.45. The van der Waals surface area contributed by atoms with Gasteiger partial charge in [-0.25, -0.2) is 4.79 Å². The van der Waals surface area contributed by atoms with E-state index in [2.05, 4.69) is 27.4 Å². The third-order valence-electron chi connectivity index (χ3n) is 7.56. The van der Waals surface area contributed by atoms with E-state index >= 15 is 0 Å². The fourth-order valence-corrected chi connectivity index (χ4v) is 5.78. The lowest BCUT2D eigenvalue weighted by Gasteiger charge is -2.59. The van der Waals surface area contributed by atoms with Gasteiger partial charge in [-0.15, -0.1) is 0 Å². The third kappa shape index (κ3) is 3.08. The first-order valence-electron chi connectivity index (χ1n) is 10.2. The minimum absolute atomic E-state index is 0.0709. The average Bonchev–Trinajstić information content (AvgIpc) is 2.64. The SMILES string of the molecule is C=C1CC[C@H]2C(C)(C)[C@H](O)CC[C@]2(C)[C@H]1COc1ccc2ccc(=O)oc2c1. The molecule has 4 rings (SSSR count). The molecule has 4 atom stereocenters. The number of rotatable bonds is 3. The summed E-state index contributed by atoms with van der Waals surface area (Å²) in [5.74, 6) is 1.39. The van der Waals surface area contributed by atoms with Crippen molar-refractivity contribution in [2.24, 2.45) is 22.7 Å². The van der Waals surface area contributed by atoms with Crippen LogP contribution >= 0.6 is 0 Å². The summed E-state index contributed by atoms with van der Waals surface area (Å²) in [6.07, 6.45) is 3.63. The lowest BCUT2D eigenvalue weighted by Crippen LogP contribution is -2.55. The first kappa shape index (κ1) is 19.3. The van der Waals surface area contributed by atoms with Gasteiger partial charge in [0.1, 0.15) is 11.3 Å². The molecule has 4 nitrogen and oxygen atoms in total. The van der Waals surface area contributed by atoms with Gasteiger partial charge in [0.15, 0.2) is 0 Å². The fourth-order valence-electron chi connectivity index (χ4n) is 5.78. The van der Waals surface area contributed by atoms with Gasteiger partial charge in [-0.05, 0) is 60.6 Å². The summed E-state index contributed by atoms with van der Waals surface area (Å²) in [7, 11) is 0. The van der Waals surface area contributed by atoms with Crippen molar-refractivity contribution in [2.45, 2.75) is 52.6 Å². The monoisotopic (exact) mass is 382 g/mol. The molecule has 0 spiro atoms. The van der Waals surface area contributed by atoms with E-state index in [1.807, 2.05) is 12.1 Å². The minimum atomic E-state index is -0.358. The Morgan fingerprint density at radius 2 is 1.96 bits per heavy atom. The molecule has 0 saturated heterocycles. The molecule has 4 heteroatoms. The van der Waals surface area contributed by atoms with Crippen LogP contribution in [-0.2, 0) is 0 Å². The highest BCUT2D eigenvalue weighted by molar-refractivity contribution is 5.77. The highest BCUT2D eigenvalue weighted by Crippen LogP contribution is 2.60. The molecule has 0 radical (unpaired) electrons. The van der Waals surface area contributed by atoms with Crippen molar-refractivity contribution in [3.05, 3.63) is 52.9 Å². The lowest BCUT2D eigenvalue weighted by molar-refractivity contribution is -0.128. The molecule has 1 aromatic carbocycles. The van der Waals surface area contributed by atoms with Crippen LogP contribution in [-0.4, -0.2) is 17.8 Å². The number of ether oxygens (including phenoxy) is 1. The molecule has 2 aliphatic carbocycles. The zero-order chi connectivity index (χ0) is 20.1. The number of hydrogen-bond donors (Lipinski definition) is 1. The maximum Gasteiger partial charge on any atom is 0.336 e. The Morgan fingerprint density at radius 3 is 2.75 bits per heavy atom. The molecule has 150 valence electrons. The molecule has 2 aromatic rings. The highest BCUT2D eigenvalue weighted by Gasteiger charge is 2.56. The number of aliphatic hydroxyl groups excluding tert-OH is 1. The van der Waals surface area contributed by atoms with Gasteiger partial charge in [0.25, 0.3) is 0 Å². The van der Waals surface area contributed by atoms with E-state index in [-0.39, 0.29) is 28.5 Å². The normalized spacial score (nSPS) is 32.1. The molecule has 1 aromatic heterocycles. The van der Waals surface area contributed by atoms with Gasteiger partial charge in [0.05, 0.1) is 12.7 Å². The summed E-state index contributed by atoms with van der Waals surface area (Å²) < 4.78 is 11.5. The van der Waals surface area contributed by atoms with Crippen LogP contribution < -0.4 is 10.4 Å². The summed E-state index contributed by atoms with van der Waals surface area (Å²) in [5.41, 5.74) is 1.40. The zero-order valence-electron chi connectivity index (χ0n) is 17.0. The van der Waals surface area contributed by atoms with Crippen molar-refractivity contribution in [3.63, 3.8) is 0 Å². The number of hydrogen-bond acceptors (Lipinski definition) is 4. The van der Waals surface area contributed by atoms with Crippen LogP contribution in [0.3, 0.4) is 0 Å². The van der Waals surface area contributed by atoms with E-state index in [9.17, 15) is 9.90 Å². The molecule has 28 heavy (non-hydrogen) atoms. The first-order chi connectivity index (χ1) is 13.2. The predicted molar refractivity (Wildman–Crippen MR) is 110 cm³/mol.